The lowest BCUT2D eigenvalue weighted by molar-refractivity contribution is -0.139. The van der Waals surface area contributed by atoms with Crippen LogP contribution >= 0.6 is 0 Å². The monoisotopic (exact) mass is 327 g/mol. The van der Waals surface area contributed by atoms with Crippen LogP contribution in [-0.4, -0.2) is 47.2 Å². The van der Waals surface area contributed by atoms with Gasteiger partial charge in [0.05, 0.1) is 25.0 Å². The molecule has 0 radical (unpaired) electrons. The van der Waals surface area contributed by atoms with Crippen molar-refractivity contribution in [1.82, 2.24) is 9.88 Å². The summed E-state index contributed by atoms with van der Waals surface area (Å²) in [5.41, 5.74) is 0.486. The number of methoxy groups -OCH3 is 1. The number of hydrogen-bond donors (Lipinski definition) is 1. The molecule has 0 spiro atoms. The summed E-state index contributed by atoms with van der Waals surface area (Å²) in [4.78, 5) is 52.7. The molecule has 1 aliphatic rings. The highest BCUT2D eigenvalue weighted by molar-refractivity contribution is 6.53. The fourth-order valence-corrected chi connectivity index (χ4v) is 2.34. The van der Waals surface area contributed by atoms with Crippen LogP contribution in [0.5, 0.6) is 5.75 Å². The third-order valence-corrected chi connectivity index (χ3v) is 3.58. The van der Waals surface area contributed by atoms with Crippen molar-refractivity contribution < 1.29 is 23.9 Å². The van der Waals surface area contributed by atoms with E-state index >= 15 is 0 Å². The number of H-pyrrole nitrogens is 1. The average molecular weight is 327 g/mol. The molecule has 8 nitrogen and oxygen atoms in total. The van der Waals surface area contributed by atoms with Crippen LogP contribution in [0.2, 0.25) is 0 Å². The highest BCUT2D eigenvalue weighted by Crippen LogP contribution is 2.24. The zero-order chi connectivity index (χ0) is 17.3. The molecule has 1 aliphatic heterocycles. The minimum Gasteiger partial charge on any atom is -0.497 e. The van der Waals surface area contributed by atoms with Gasteiger partial charge in [-0.05, 0) is 36.4 Å². The summed E-state index contributed by atoms with van der Waals surface area (Å²) >= 11 is 0. The van der Waals surface area contributed by atoms with Gasteiger partial charge in [0.15, 0.2) is 5.78 Å². The molecule has 0 saturated carbocycles. The van der Waals surface area contributed by atoms with Crippen LogP contribution in [0.1, 0.15) is 10.5 Å². The number of Topliss-reactive ketones (excluding diaryl/α,β-unsaturated/α-hetero) is 1. The number of hydrogen-bond acceptors (Lipinski definition) is 5. The van der Waals surface area contributed by atoms with Gasteiger partial charge in [0, 0.05) is 6.20 Å². The van der Waals surface area contributed by atoms with Crippen molar-refractivity contribution in [2.24, 2.45) is 0 Å². The number of nitrogens with one attached hydrogen (secondary N) is 1. The Balaban J connectivity index is 1.83. The molecule has 0 aliphatic carbocycles. The number of urea groups is 1. The topological polar surface area (TPSA) is 99.8 Å². The predicted molar refractivity (Wildman–Crippen MR) is 82.7 cm³/mol. The number of amides is 4. The van der Waals surface area contributed by atoms with Crippen LogP contribution in [0.25, 0.3) is 0 Å². The SMILES string of the molecule is COc1ccc(N2C(=O)C(=O)N(CC(=O)c3ccc[nH]3)C2=O)cc1. The molecule has 0 atom stereocenters. The number of aromatic nitrogens is 1. The van der Waals surface area contributed by atoms with Gasteiger partial charge < -0.3 is 9.72 Å². The standard InChI is InChI=1S/C16H13N3O5/c1-24-11-6-4-10(5-7-11)19-15(22)14(21)18(16(19)23)9-13(20)12-3-2-8-17-12/h2-8,17H,9H2,1H3. The number of carbonyl (C=O) groups excluding carboxylic acids is 4. The molecule has 0 unspecified atom stereocenters. The molecule has 1 fully saturated rings. The van der Waals surface area contributed by atoms with E-state index in [1.807, 2.05) is 0 Å². The van der Waals surface area contributed by atoms with Gasteiger partial charge in [-0.15, -0.1) is 0 Å². The Morgan fingerprint density at radius 1 is 1.08 bits per heavy atom. The van der Waals surface area contributed by atoms with Crippen LogP contribution in [0.15, 0.2) is 42.6 Å². The Morgan fingerprint density at radius 3 is 2.38 bits per heavy atom. The van der Waals surface area contributed by atoms with Gasteiger partial charge in [-0.3, -0.25) is 14.4 Å². The number of ether oxygens (including phenoxy) is 1. The lowest BCUT2D eigenvalue weighted by Gasteiger charge is -2.15. The highest BCUT2D eigenvalue weighted by Gasteiger charge is 2.46. The molecule has 1 saturated heterocycles. The molecular weight excluding hydrogens is 314 g/mol. The predicted octanol–water partition coefficient (Wildman–Crippen LogP) is 1.20. The lowest BCUT2D eigenvalue weighted by atomic mass is 10.3. The lowest BCUT2D eigenvalue weighted by Crippen LogP contribution is -2.37. The minimum atomic E-state index is -1.03. The molecule has 2 aromatic rings. The van der Waals surface area contributed by atoms with Crippen LogP contribution in [0, 0.1) is 0 Å². The van der Waals surface area contributed by atoms with Crippen molar-refractivity contribution in [2.75, 3.05) is 18.6 Å². The second-order valence-electron chi connectivity index (χ2n) is 5.02. The Labute approximate surface area is 136 Å². The summed E-state index contributed by atoms with van der Waals surface area (Å²) in [6.07, 6.45) is 1.55. The van der Waals surface area contributed by atoms with Crippen LogP contribution in [0.4, 0.5) is 10.5 Å². The van der Waals surface area contributed by atoms with Gasteiger partial charge in [0.2, 0.25) is 0 Å². The number of nitrogens with zero attached hydrogens (tertiary/aromatic N) is 2. The Hall–Kier alpha value is -3.42. The quantitative estimate of drug-likeness (QED) is 0.505. The molecular formula is C16H13N3O5. The van der Waals surface area contributed by atoms with Crippen LogP contribution < -0.4 is 9.64 Å². The molecule has 4 amide bonds. The first-order valence-corrected chi connectivity index (χ1v) is 7.03. The third kappa shape index (κ3) is 2.54. The first kappa shape index (κ1) is 15.5. The first-order chi connectivity index (χ1) is 11.5. The van der Waals surface area contributed by atoms with E-state index in [4.69, 9.17) is 4.74 Å². The number of benzene rings is 1. The van der Waals surface area contributed by atoms with Crippen molar-refractivity contribution in [2.45, 2.75) is 0 Å². The van der Waals surface area contributed by atoms with E-state index in [0.717, 1.165) is 4.90 Å². The zero-order valence-corrected chi connectivity index (χ0v) is 12.7. The molecule has 1 aromatic carbocycles. The number of anilines is 1. The highest BCUT2D eigenvalue weighted by atomic mass is 16.5. The van der Waals surface area contributed by atoms with Crippen molar-refractivity contribution in [3.63, 3.8) is 0 Å². The second kappa shape index (κ2) is 5.99. The normalized spacial score (nSPS) is 14.5. The maximum atomic E-state index is 12.4. The van der Waals surface area contributed by atoms with Crippen molar-refractivity contribution in [3.05, 3.63) is 48.3 Å². The average Bonchev–Trinajstić information content (AvgIpc) is 3.19. The van der Waals surface area contributed by atoms with Crippen LogP contribution in [0.3, 0.4) is 0 Å². The van der Waals surface area contributed by atoms with Crippen molar-refractivity contribution >= 4 is 29.3 Å². The van der Waals surface area contributed by atoms with Gasteiger partial charge >= 0.3 is 17.8 Å². The van der Waals surface area contributed by atoms with E-state index < -0.39 is 30.2 Å². The smallest absolute Gasteiger partial charge is 0.339 e. The van der Waals surface area contributed by atoms with Gasteiger partial charge in [-0.1, -0.05) is 0 Å². The maximum absolute atomic E-state index is 12.4. The molecule has 2 heterocycles. The largest absolute Gasteiger partial charge is 0.497 e. The minimum absolute atomic E-state index is 0.231. The number of ketones is 1. The number of imide groups is 2. The first-order valence-electron chi connectivity index (χ1n) is 7.03. The fraction of sp³-hybridized carbons (Fsp3) is 0.125. The number of carbonyl (C=O) groups is 4. The molecule has 122 valence electrons. The van der Waals surface area contributed by atoms with Gasteiger partial charge in [-0.25, -0.2) is 14.6 Å². The van der Waals surface area contributed by atoms with Crippen molar-refractivity contribution in [3.8, 4) is 5.75 Å². The number of rotatable bonds is 5. The molecule has 0 bridgehead atoms. The van der Waals surface area contributed by atoms with E-state index in [1.54, 1.807) is 24.4 Å². The van der Waals surface area contributed by atoms with E-state index in [2.05, 4.69) is 4.98 Å². The summed E-state index contributed by atoms with van der Waals surface area (Å²) in [5, 5.41) is 0. The summed E-state index contributed by atoms with van der Waals surface area (Å²) < 4.78 is 5.01. The third-order valence-electron chi connectivity index (χ3n) is 3.58. The molecule has 24 heavy (non-hydrogen) atoms. The van der Waals surface area contributed by atoms with Crippen LogP contribution in [-0.2, 0) is 9.59 Å². The molecule has 1 aromatic heterocycles. The van der Waals surface area contributed by atoms with Gasteiger partial charge in [-0.2, -0.15) is 0 Å². The molecule has 1 N–H and O–H groups in total. The van der Waals surface area contributed by atoms with E-state index in [1.165, 1.54) is 25.3 Å². The Morgan fingerprint density at radius 2 is 1.79 bits per heavy atom. The Bertz CT molecular complexity index is 811. The summed E-state index contributed by atoms with van der Waals surface area (Å²) in [7, 11) is 1.48. The van der Waals surface area contributed by atoms with E-state index in [0.29, 0.717) is 10.6 Å². The summed E-state index contributed by atoms with van der Waals surface area (Å²) in [6, 6.07) is 8.39. The Kier molecular flexibility index (Phi) is 3.87. The van der Waals surface area contributed by atoms with E-state index in [9.17, 15) is 19.2 Å². The number of aromatic amines is 1. The fourth-order valence-electron chi connectivity index (χ4n) is 2.34. The summed E-state index contributed by atoms with van der Waals surface area (Å²) in [5.74, 6) is -1.95. The molecule has 3 rings (SSSR count). The van der Waals surface area contributed by atoms with Gasteiger partial charge in [0.25, 0.3) is 0 Å². The van der Waals surface area contributed by atoms with E-state index in [-0.39, 0.29) is 11.4 Å². The molecule has 8 heteroatoms. The van der Waals surface area contributed by atoms with Gasteiger partial charge in [0.1, 0.15) is 5.75 Å². The van der Waals surface area contributed by atoms with Crippen molar-refractivity contribution in [1.29, 1.82) is 0 Å². The second-order valence-corrected chi connectivity index (χ2v) is 5.02. The summed E-state index contributed by atoms with van der Waals surface area (Å²) in [6.45, 7) is -0.503. The zero-order valence-electron chi connectivity index (χ0n) is 12.7. The maximum Gasteiger partial charge on any atom is 0.339 e.